The minimum atomic E-state index is -3.52. The van der Waals surface area contributed by atoms with Crippen LogP contribution < -0.4 is 5.73 Å². The number of nitrogens with two attached hydrogens (primary N) is 1. The predicted octanol–water partition coefficient (Wildman–Crippen LogP) is 2.86. The van der Waals surface area contributed by atoms with Gasteiger partial charge in [-0.3, -0.25) is 4.79 Å². The molecule has 2 unspecified atom stereocenters. The van der Waals surface area contributed by atoms with Crippen molar-refractivity contribution in [2.45, 2.75) is 36.5 Å². The summed E-state index contributed by atoms with van der Waals surface area (Å²) in [5.74, 6) is -0.0224. The molecule has 6 heteroatoms. The van der Waals surface area contributed by atoms with Crippen LogP contribution in [-0.2, 0) is 15.6 Å². The molecule has 3 rings (SSSR count). The number of rotatable bonds is 5. The van der Waals surface area contributed by atoms with E-state index >= 15 is 0 Å². The van der Waals surface area contributed by atoms with Crippen LogP contribution >= 0.6 is 0 Å². The van der Waals surface area contributed by atoms with E-state index in [4.69, 9.17) is 5.73 Å². The number of nitrogens with zero attached hydrogens (tertiary/aromatic N) is 1. The van der Waals surface area contributed by atoms with E-state index in [1.807, 2.05) is 11.8 Å². The number of piperidine rings is 1. The monoisotopic (exact) mass is 386 g/mol. The smallest absolute Gasteiger partial charge is 0.254 e. The normalized spacial score (nSPS) is 18.9. The molecule has 1 saturated heterocycles. The molecule has 27 heavy (non-hydrogen) atoms. The van der Waals surface area contributed by atoms with E-state index in [-0.39, 0.29) is 28.5 Å². The first-order chi connectivity index (χ1) is 12.9. The standard InChI is InChI=1S/C21H26N2O3S/c1-16(22)17-9-7-13-23(14-17)21(24)20-12-6-5-8-18(20)15-27(25,26)19-10-3-2-4-11-19/h2-6,8,10-12,16-17H,7,9,13-15,22H2,1H3. The van der Waals surface area contributed by atoms with E-state index in [0.717, 1.165) is 12.8 Å². The van der Waals surface area contributed by atoms with Crippen LogP contribution in [0.25, 0.3) is 0 Å². The summed E-state index contributed by atoms with van der Waals surface area (Å²) < 4.78 is 25.5. The van der Waals surface area contributed by atoms with Gasteiger partial charge in [0.1, 0.15) is 0 Å². The fourth-order valence-electron chi connectivity index (χ4n) is 3.56. The second kappa shape index (κ2) is 8.23. The van der Waals surface area contributed by atoms with Crippen molar-refractivity contribution in [3.63, 3.8) is 0 Å². The molecule has 0 radical (unpaired) electrons. The number of amides is 1. The van der Waals surface area contributed by atoms with Crippen molar-refractivity contribution in [1.29, 1.82) is 0 Å². The van der Waals surface area contributed by atoms with E-state index in [0.29, 0.717) is 24.2 Å². The Balaban J connectivity index is 1.85. The summed E-state index contributed by atoms with van der Waals surface area (Å²) in [5, 5.41) is 0. The third kappa shape index (κ3) is 4.57. The molecule has 0 saturated carbocycles. The maximum absolute atomic E-state index is 13.1. The minimum absolute atomic E-state index is 0.0364. The number of carbonyl (C=O) groups is 1. The second-order valence-electron chi connectivity index (χ2n) is 7.24. The molecule has 1 aliphatic heterocycles. The summed E-state index contributed by atoms with van der Waals surface area (Å²) in [6.45, 7) is 3.27. The molecule has 0 aromatic heterocycles. The van der Waals surface area contributed by atoms with Crippen LogP contribution in [0.5, 0.6) is 0 Å². The number of hydrogen-bond acceptors (Lipinski definition) is 4. The lowest BCUT2D eigenvalue weighted by atomic mass is 9.91. The van der Waals surface area contributed by atoms with Crippen LogP contribution in [0, 0.1) is 5.92 Å². The summed E-state index contributed by atoms with van der Waals surface area (Å²) in [4.78, 5) is 15.2. The topological polar surface area (TPSA) is 80.5 Å². The van der Waals surface area contributed by atoms with Crippen molar-refractivity contribution in [1.82, 2.24) is 4.90 Å². The highest BCUT2D eigenvalue weighted by Gasteiger charge is 2.28. The molecule has 0 bridgehead atoms. The van der Waals surface area contributed by atoms with Gasteiger partial charge in [0, 0.05) is 24.7 Å². The Labute approximate surface area is 161 Å². The fourth-order valence-corrected chi connectivity index (χ4v) is 4.96. The van der Waals surface area contributed by atoms with Crippen molar-refractivity contribution < 1.29 is 13.2 Å². The zero-order valence-electron chi connectivity index (χ0n) is 15.5. The summed E-state index contributed by atoms with van der Waals surface area (Å²) in [7, 11) is -3.52. The maximum Gasteiger partial charge on any atom is 0.254 e. The highest BCUT2D eigenvalue weighted by atomic mass is 32.2. The van der Waals surface area contributed by atoms with Gasteiger partial charge in [-0.25, -0.2) is 8.42 Å². The van der Waals surface area contributed by atoms with Crippen LogP contribution in [0.2, 0.25) is 0 Å². The van der Waals surface area contributed by atoms with Gasteiger partial charge < -0.3 is 10.6 Å². The Hall–Kier alpha value is -2.18. The largest absolute Gasteiger partial charge is 0.338 e. The number of hydrogen-bond donors (Lipinski definition) is 1. The summed E-state index contributed by atoms with van der Waals surface area (Å²) in [5.41, 5.74) is 7.03. The Kier molecular flexibility index (Phi) is 5.97. The van der Waals surface area contributed by atoms with Gasteiger partial charge in [-0.2, -0.15) is 0 Å². The van der Waals surface area contributed by atoms with E-state index in [9.17, 15) is 13.2 Å². The van der Waals surface area contributed by atoms with Gasteiger partial charge in [-0.1, -0.05) is 36.4 Å². The van der Waals surface area contributed by atoms with Crippen LogP contribution in [0.15, 0.2) is 59.5 Å². The lowest BCUT2D eigenvalue weighted by molar-refractivity contribution is 0.0660. The van der Waals surface area contributed by atoms with Crippen LogP contribution in [-0.4, -0.2) is 38.4 Å². The van der Waals surface area contributed by atoms with E-state index < -0.39 is 9.84 Å². The SMILES string of the molecule is CC(N)C1CCCN(C(=O)c2ccccc2CS(=O)(=O)c2ccccc2)C1. The molecule has 1 aliphatic rings. The Morgan fingerprint density at radius 2 is 1.81 bits per heavy atom. The zero-order valence-corrected chi connectivity index (χ0v) is 16.4. The third-order valence-electron chi connectivity index (χ3n) is 5.18. The molecule has 144 valence electrons. The predicted molar refractivity (Wildman–Crippen MR) is 106 cm³/mol. The van der Waals surface area contributed by atoms with Gasteiger partial charge in [-0.15, -0.1) is 0 Å². The number of sulfone groups is 1. The number of likely N-dealkylation sites (tertiary alicyclic amines) is 1. The molecule has 2 aromatic carbocycles. The molecule has 2 atom stereocenters. The third-order valence-corrected chi connectivity index (χ3v) is 6.87. The lowest BCUT2D eigenvalue weighted by Crippen LogP contribution is -2.45. The van der Waals surface area contributed by atoms with Crippen LogP contribution in [0.3, 0.4) is 0 Å². The molecule has 5 nitrogen and oxygen atoms in total. The molecule has 0 aliphatic carbocycles. The first-order valence-corrected chi connectivity index (χ1v) is 10.9. The first kappa shape index (κ1) is 19.6. The van der Waals surface area contributed by atoms with Gasteiger partial charge in [0.15, 0.2) is 9.84 Å². The average molecular weight is 387 g/mol. The quantitative estimate of drug-likeness (QED) is 0.857. The second-order valence-corrected chi connectivity index (χ2v) is 9.23. The highest BCUT2D eigenvalue weighted by Crippen LogP contribution is 2.24. The molecular formula is C21H26N2O3S. The van der Waals surface area contributed by atoms with E-state index in [1.54, 1.807) is 54.6 Å². The van der Waals surface area contributed by atoms with Gasteiger partial charge >= 0.3 is 0 Å². The fraction of sp³-hybridized carbons (Fsp3) is 0.381. The van der Waals surface area contributed by atoms with Gasteiger partial charge in [0.2, 0.25) is 0 Å². The molecule has 1 amide bonds. The zero-order chi connectivity index (χ0) is 19.4. The lowest BCUT2D eigenvalue weighted by Gasteiger charge is -2.35. The molecule has 1 fully saturated rings. The van der Waals surface area contributed by atoms with Gasteiger partial charge in [-0.05, 0) is 49.4 Å². The summed E-state index contributed by atoms with van der Waals surface area (Å²) in [6.07, 6.45) is 1.94. The van der Waals surface area contributed by atoms with E-state index in [1.165, 1.54) is 0 Å². The maximum atomic E-state index is 13.1. The van der Waals surface area contributed by atoms with Gasteiger partial charge in [0.05, 0.1) is 10.6 Å². The molecule has 2 N–H and O–H groups in total. The van der Waals surface area contributed by atoms with Gasteiger partial charge in [0.25, 0.3) is 5.91 Å². The van der Waals surface area contributed by atoms with Crippen molar-refractivity contribution in [2.75, 3.05) is 13.1 Å². The summed E-state index contributed by atoms with van der Waals surface area (Å²) in [6, 6.07) is 15.4. The van der Waals surface area contributed by atoms with Crippen molar-refractivity contribution in [3.8, 4) is 0 Å². The molecule has 1 heterocycles. The van der Waals surface area contributed by atoms with Crippen LogP contribution in [0.4, 0.5) is 0 Å². The van der Waals surface area contributed by atoms with Crippen molar-refractivity contribution >= 4 is 15.7 Å². The average Bonchev–Trinajstić information content (AvgIpc) is 2.68. The molecule has 0 spiro atoms. The number of benzene rings is 2. The van der Waals surface area contributed by atoms with Crippen LogP contribution in [0.1, 0.15) is 35.7 Å². The molecule has 2 aromatic rings. The van der Waals surface area contributed by atoms with Crippen molar-refractivity contribution in [2.24, 2.45) is 11.7 Å². The Bertz CT molecular complexity index is 895. The Morgan fingerprint density at radius 1 is 1.15 bits per heavy atom. The molecular weight excluding hydrogens is 360 g/mol. The first-order valence-electron chi connectivity index (χ1n) is 9.29. The van der Waals surface area contributed by atoms with Crippen molar-refractivity contribution in [3.05, 3.63) is 65.7 Å². The number of carbonyl (C=O) groups excluding carboxylic acids is 1. The minimum Gasteiger partial charge on any atom is -0.338 e. The van der Waals surface area contributed by atoms with E-state index in [2.05, 4.69) is 0 Å². The Morgan fingerprint density at radius 3 is 2.52 bits per heavy atom. The highest BCUT2D eigenvalue weighted by molar-refractivity contribution is 7.90. The summed E-state index contributed by atoms with van der Waals surface area (Å²) >= 11 is 0.